The molecule has 0 amide bonds. The lowest BCUT2D eigenvalue weighted by Crippen LogP contribution is -2.14. The molecule has 2 heterocycles. The number of oxazole rings is 1. The lowest BCUT2D eigenvalue weighted by molar-refractivity contribution is 0.430. The molecule has 4 aromatic rings. The van der Waals surface area contributed by atoms with Crippen LogP contribution in [0, 0.1) is 31.6 Å². The first-order valence-corrected chi connectivity index (χ1v) is 13.3. The Hall–Kier alpha value is -3.39. The molecule has 5 rings (SSSR count). The third kappa shape index (κ3) is 4.62. The molecule has 1 aliphatic carbocycles. The summed E-state index contributed by atoms with van der Waals surface area (Å²) in [5, 5.41) is 3.87. The lowest BCUT2D eigenvalue weighted by Gasteiger charge is -2.16. The van der Waals surface area contributed by atoms with Crippen LogP contribution in [0.4, 0.5) is 5.88 Å². The molecule has 1 aliphatic rings. The second kappa shape index (κ2) is 9.00. The Bertz CT molecular complexity index is 1460. The highest BCUT2D eigenvalue weighted by Gasteiger charge is 2.39. The van der Waals surface area contributed by atoms with Crippen molar-refractivity contribution in [1.29, 1.82) is 0 Å². The van der Waals surface area contributed by atoms with Gasteiger partial charge in [0.1, 0.15) is 6.26 Å². The fourth-order valence-electron chi connectivity index (χ4n) is 4.74. The molecule has 35 heavy (non-hydrogen) atoms. The predicted octanol–water partition coefficient (Wildman–Crippen LogP) is 6.25. The number of rotatable bonds is 8. The molecule has 2 aromatic heterocycles. The summed E-state index contributed by atoms with van der Waals surface area (Å²) in [5.74, 6) is 2.58. The van der Waals surface area contributed by atoms with Crippen molar-refractivity contribution < 1.29 is 17.4 Å². The molecule has 0 spiro atoms. The number of sulfonamides is 1. The summed E-state index contributed by atoms with van der Waals surface area (Å²) in [6.45, 7) is 8.06. The Morgan fingerprint density at radius 1 is 1.11 bits per heavy atom. The number of hydrogen-bond acceptors (Lipinski definition) is 6. The minimum atomic E-state index is -3.92. The molecule has 2 atom stereocenters. The first-order valence-electron chi connectivity index (χ1n) is 11.8. The topological polar surface area (TPSA) is 98.2 Å². The summed E-state index contributed by atoms with van der Waals surface area (Å²) in [7, 11) is -3.92. The Morgan fingerprint density at radius 3 is 2.57 bits per heavy atom. The van der Waals surface area contributed by atoms with E-state index < -0.39 is 10.0 Å². The van der Waals surface area contributed by atoms with Crippen molar-refractivity contribution in [1.82, 2.24) is 10.1 Å². The highest BCUT2D eigenvalue weighted by atomic mass is 32.2. The molecule has 2 aromatic carbocycles. The van der Waals surface area contributed by atoms with Crippen LogP contribution in [-0.4, -0.2) is 18.6 Å². The minimum absolute atomic E-state index is 0.134. The van der Waals surface area contributed by atoms with Gasteiger partial charge in [0.2, 0.25) is 11.8 Å². The molecular weight excluding hydrogens is 462 g/mol. The number of aromatic nitrogens is 2. The van der Waals surface area contributed by atoms with Gasteiger partial charge < -0.3 is 8.94 Å². The zero-order valence-corrected chi connectivity index (χ0v) is 21.1. The average molecular weight is 492 g/mol. The molecular formula is C27H29N3O4S. The molecule has 0 aliphatic heterocycles. The van der Waals surface area contributed by atoms with Crippen LogP contribution in [0.15, 0.2) is 68.8 Å². The van der Waals surface area contributed by atoms with Crippen molar-refractivity contribution in [3.63, 3.8) is 0 Å². The quantitative estimate of drug-likeness (QED) is 0.313. The van der Waals surface area contributed by atoms with Gasteiger partial charge in [0.25, 0.3) is 10.0 Å². The van der Waals surface area contributed by atoms with Crippen molar-refractivity contribution >= 4 is 15.9 Å². The van der Waals surface area contributed by atoms with E-state index in [-0.39, 0.29) is 10.8 Å². The van der Waals surface area contributed by atoms with Gasteiger partial charge in [-0.3, -0.25) is 0 Å². The summed E-state index contributed by atoms with van der Waals surface area (Å²) in [6.07, 6.45) is 5.24. The number of hydrogen-bond donors (Lipinski definition) is 1. The molecule has 8 heteroatoms. The van der Waals surface area contributed by atoms with Crippen LogP contribution in [0.1, 0.15) is 37.1 Å². The van der Waals surface area contributed by atoms with Gasteiger partial charge in [-0.05, 0) is 73.8 Å². The van der Waals surface area contributed by atoms with Crippen LogP contribution in [0.2, 0.25) is 0 Å². The van der Waals surface area contributed by atoms with E-state index in [1.807, 2.05) is 24.3 Å². The summed E-state index contributed by atoms with van der Waals surface area (Å²) in [6, 6.07) is 13.0. The third-order valence-corrected chi connectivity index (χ3v) is 8.34. The maximum absolute atomic E-state index is 13.5. The predicted molar refractivity (Wildman–Crippen MR) is 134 cm³/mol. The van der Waals surface area contributed by atoms with Gasteiger partial charge in [0, 0.05) is 16.7 Å². The number of anilines is 1. The summed E-state index contributed by atoms with van der Waals surface area (Å²) < 4.78 is 40.3. The molecule has 0 bridgehead atoms. The highest BCUT2D eigenvalue weighted by molar-refractivity contribution is 7.92. The van der Waals surface area contributed by atoms with Gasteiger partial charge in [-0.15, -0.1) is 0 Å². The first kappa shape index (κ1) is 23.4. The Labute approximate surface area is 205 Å². The number of aryl methyl sites for hydroxylation is 1. The van der Waals surface area contributed by atoms with E-state index in [0.717, 1.165) is 23.1 Å². The highest BCUT2D eigenvalue weighted by Crippen LogP contribution is 2.47. The van der Waals surface area contributed by atoms with Crippen LogP contribution < -0.4 is 4.72 Å². The Morgan fingerprint density at radius 2 is 1.91 bits per heavy atom. The third-order valence-electron chi connectivity index (χ3n) is 6.95. The second-order valence-corrected chi connectivity index (χ2v) is 11.3. The van der Waals surface area contributed by atoms with Crippen molar-refractivity contribution in [3.05, 3.63) is 71.7 Å². The van der Waals surface area contributed by atoms with E-state index in [9.17, 15) is 8.42 Å². The van der Waals surface area contributed by atoms with Crippen molar-refractivity contribution in [2.75, 3.05) is 4.72 Å². The Kier molecular flexibility index (Phi) is 6.01. The second-order valence-electron chi connectivity index (χ2n) is 9.64. The number of benzene rings is 2. The van der Waals surface area contributed by atoms with Crippen molar-refractivity contribution in [2.24, 2.45) is 17.8 Å². The molecule has 1 saturated carbocycles. The molecule has 7 nitrogen and oxygen atoms in total. The maximum atomic E-state index is 13.5. The molecule has 182 valence electrons. The summed E-state index contributed by atoms with van der Waals surface area (Å²) >= 11 is 0. The smallest absolute Gasteiger partial charge is 0.264 e. The van der Waals surface area contributed by atoms with Crippen molar-refractivity contribution in [2.45, 2.75) is 45.4 Å². The van der Waals surface area contributed by atoms with Gasteiger partial charge in [-0.2, -0.15) is 0 Å². The van der Waals surface area contributed by atoms with Gasteiger partial charge in [0.05, 0.1) is 16.8 Å². The zero-order chi connectivity index (χ0) is 24.7. The Balaban J connectivity index is 1.57. The summed E-state index contributed by atoms with van der Waals surface area (Å²) in [4.78, 5) is 4.48. The fraction of sp³-hybridized carbons (Fsp3) is 0.333. The van der Waals surface area contributed by atoms with Gasteiger partial charge >= 0.3 is 0 Å². The average Bonchev–Trinajstić information content (AvgIpc) is 3.26. The van der Waals surface area contributed by atoms with E-state index in [1.165, 1.54) is 6.42 Å². The summed E-state index contributed by atoms with van der Waals surface area (Å²) in [5.41, 5.74) is 4.80. The van der Waals surface area contributed by atoms with Crippen LogP contribution in [0.5, 0.6) is 0 Å². The zero-order valence-electron chi connectivity index (χ0n) is 20.3. The molecule has 1 N–H and O–H groups in total. The van der Waals surface area contributed by atoms with Gasteiger partial charge in [-0.1, -0.05) is 43.3 Å². The van der Waals surface area contributed by atoms with Crippen LogP contribution in [-0.2, 0) is 16.4 Å². The monoisotopic (exact) mass is 491 g/mol. The fourth-order valence-corrected chi connectivity index (χ4v) is 6.01. The van der Waals surface area contributed by atoms with Crippen LogP contribution in [0.25, 0.3) is 22.6 Å². The molecule has 1 fully saturated rings. The van der Waals surface area contributed by atoms with E-state index in [2.05, 4.69) is 34.8 Å². The van der Waals surface area contributed by atoms with E-state index in [4.69, 9.17) is 8.94 Å². The van der Waals surface area contributed by atoms with Crippen LogP contribution in [0.3, 0.4) is 0 Å². The maximum Gasteiger partial charge on any atom is 0.264 e. The minimum Gasteiger partial charge on any atom is -0.445 e. The number of nitrogens with one attached hydrogen (secondary N) is 1. The van der Waals surface area contributed by atoms with E-state index >= 15 is 0 Å². The SMILES string of the molecule is Cc1noc(NS(=O)(=O)c2ccccc2-c2ccc(-c3ncco3)cc2C[C@@H]2C[C@H]2C(C)C)c1C. The molecule has 0 unspecified atom stereocenters. The van der Waals surface area contributed by atoms with E-state index in [1.54, 1.807) is 38.4 Å². The standard InChI is InChI=1S/C27H29N3O4S/c1-16(2)24-15-21(24)14-20-13-19(27-28-11-12-33-27)9-10-22(20)23-7-5-6-8-25(23)35(31,32)30-26-17(3)18(4)29-34-26/h5-13,16,21,24,30H,14-15H2,1-4H3/t21-,24+/m1/s1. The van der Waals surface area contributed by atoms with Crippen molar-refractivity contribution in [3.8, 4) is 22.6 Å². The normalized spacial score (nSPS) is 17.6. The molecule has 0 saturated heterocycles. The van der Waals surface area contributed by atoms with Crippen LogP contribution >= 0.6 is 0 Å². The van der Waals surface area contributed by atoms with E-state index in [0.29, 0.717) is 40.5 Å². The van der Waals surface area contributed by atoms with Gasteiger partial charge in [0.15, 0.2) is 0 Å². The first-order chi connectivity index (χ1) is 16.7. The lowest BCUT2D eigenvalue weighted by atomic mass is 9.93. The van der Waals surface area contributed by atoms with Gasteiger partial charge in [-0.25, -0.2) is 18.1 Å². The molecule has 0 radical (unpaired) electrons. The number of nitrogens with zero attached hydrogens (tertiary/aromatic N) is 2. The largest absolute Gasteiger partial charge is 0.445 e.